The molecule has 7 heteroatoms. The number of rotatable bonds is 7. The standard InChI is InChI=1S/C19H21N5O2/c1-26-7-6-21-17-9-13(4-5-20-17)15-8-14-11-22-18(10-16(14)23-15)24-19(25)12-2-3-12/h4-5,8-12,23H,2-3,6-7H2,1H3,(H,20,21)(H,22,24,25). The minimum absolute atomic E-state index is 0.0598. The molecule has 1 amide bonds. The molecule has 0 bridgehead atoms. The number of aromatic amines is 1. The van der Waals surface area contributed by atoms with E-state index in [4.69, 9.17) is 4.74 Å². The number of nitrogens with one attached hydrogen (secondary N) is 3. The van der Waals surface area contributed by atoms with Crippen LogP contribution in [0.4, 0.5) is 11.6 Å². The van der Waals surface area contributed by atoms with Crippen LogP contribution in [0.15, 0.2) is 36.7 Å². The molecule has 0 saturated heterocycles. The number of carbonyl (C=O) groups is 1. The summed E-state index contributed by atoms with van der Waals surface area (Å²) < 4.78 is 5.04. The Kier molecular flexibility index (Phi) is 4.53. The van der Waals surface area contributed by atoms with Crippen LogP contribution < -0.4 is 10.6 Å². The van der Waals surface area contributed by atoms with Gasteiger partial charge in [0.15, 0.2) is 0 Å². The number of H-pyrrole nitrogens is 1. The van der Waals surface area contributed by atoms with E-state index in [1.807, 2.05) is 24.3 Å². The lowest BCUT2D eigenvalue weighted by molar-refractivity contribution is -0.117. The summed E-state index contributed by atoms with van der Waals surface area (Å²) in [6.07, 6.45) is 5.50. The molecule has 26 heavy (non-hydrogen) atoms. The van der Waals surface area contributed by atoms with E-state index in [1.54, 1.807) is 19.5 Å². The fraction of sp³-hybridized carbons (Fsp3) is 0.316. The number of aromatic nitrogens is 3. The number of anilines is 2. The SMILES string of the molecule is COCCNc1cc(-c2cc3cnc(NC(=O)C4CC4)cc3[nH]2)ccn1. The number of amides is 1. The second-order valence-electron chi connectivity index (χ2n) is 6.45. The van der Waals surface area contributed by atoms with E-state index in [9.17, 15) is 4.79 Å². The first-order valence-corrected chi connectivity index (χ1v) is 8.72. The molecule has 0 aromatic carbocycles. The first kappa shape index (κ1) is 16.5. The smallest absolute Gasteiger partial charge is 0.228 e. The monoisotopic (exact) mass is 351 g/mol. The van der Waals surface area contributed by atoms with Crippen molar-refractivity contribution in [1.82, 2.24) is 15.0 Å². The number of ether oxygens (including phenoxy) is 1. The van der Waals surface area contributed by atoms with Crippen molar-refractivity contribution in [3.05, 3.63) is 36.7 Å². The number of pyridine rings is 2. The van der Waals surface area contributed by atoms with Gasteiger partial charge in [-0.1, -0.05) is 0 Å². The van der Waals surface area contributed by atoms with Gasteiger partial charge in [-0.25, -0.2) is 9.97 Å². The van der Waals surface area contributed by atoms with Crippen molar-refractivity contribution in [1.29, 1.82) is 0 Å². The summed E-state index contributed by atoms with van der Waals surface area (Å²) in [6.45, 7) is 1.33. The van der Waals surface area contributed by atoms with Gasteiger partial charge in [0.25, 0.3) is 0 Å². The van der Waals surface area contributed by atoms with Gasteiger partial charge in [-0.05, 0) is 31.0 Å². The fourth-order valence-electron chi connectivity index (χ4n) is 2.80. The van der Waals surface area contributed by atoms with Crippen LogP contribution >= 0.6 is 0 Å². The molecule has 3 heterocycles. The summed E-state index contributed by atoms with van der Waals surface area (Å²) >= 11 is 0. The summed E-state index contributed by atoms with van der Waals surface area (Å²) in [7, 11) is 1.67. The molecule has 0 spiro atoms. The normalized spacial score (nSPS) is 13.7. The highest BCUT2D eigenvalue weighted by atomic mass is 16.5. The van der Waals surface area contributed by atoms with Crippen molar-refractivity contribution in [3.8, 4) is 11.3 Å². The lowest BCUT2D eigenvalue weighted by Gasteiger charge is -2.06. The Morgan fingerprint density at radius 3 is 2.96 bits per heavy atom. The average Bonchev–Trinajstić information content (AvgIpc) is 3.42. The minimum atomic E-state index is 0.0598. The number of carbonyl (C=O) groups excluding carboxylic acids is 1. The molecular weight excluding hydrogens is 330 g/mol. The van der Waals surface area contributed by atoms with Crippen LogP contribution in [0.1, 0.15) is 12.8 Å². The minimum Gasteiger partial charge on any atom is -0.383 e. The maximum Gasteiger partial charge on any atom is 0.228 e. The van der Waals surface area contributed by atoms with E-state index in [-0.39, 0.29) is 11.8 Å². The van der Waals surface area contributed by atoms with Gasteiger partial charge in [-0.3, -0.25) is 4.79 Å². The largest absolute Gasteiger partial charge is 0.383 e. The first-order chi connectivity index (χ1) is 12.7. The van der Waals surface area contributed by atoms with Crippen molar-refractivity contribution < 1.29 is 9.53 Å². The molecule has 1 fully saturated rings. The Bertz CT molecular complexity index is 933. The lowest BCUT2D eigenvalue weighted by Crippen LogP contribution is -2.14. The van der Waals surface area contributed by atoms with E-state index in [0.29, 0.717) is 19.0 Å². The number of hydrogen-bond acceptors (Lipinski definition) is 5. The Morgan fingerprint density at radius 1 is 1.27 bits per heavy atom. The van der Waals surface area contributed by atoms with Gasteiger partial charge in [-0.15, -0.1) is 0 Å². The van der Waals surface area contributed by atoms with Crippen molar-refractivity contribution in [2.24, 2.45) is 5.92 Å². The molecule has 3 aromatic rings. The predicted octanol–water partition coefficient (Wildman–Crippen LogP) is 3.03. The average molecular weight is 351 g/mol. The third-order valence-electron chi connectivity index (χ3n) is 4.39. The summed E-state index contributed by atoms with van der Waals surface area (Å²) in [6, 6.07) is 7.86. The quantitative estimate of drug-likeness (QED) is 0.569. The van der Waals surface area contributed by atoms with E-state index >= 15 is 0 Å². The molecule has 1 aliphatic carbocycles. The zero-order chi connectivity index (χ0) is 17.9. The number of nitrogens with zero attached hydrogens (tertiary/aromatic N) is 2. The predicted molar refractivity (Wildman–Crippen MR) is 101 cm³/mol. The van der Waals surface area contributed by atoms with Gasteiger partial charge in [0.2, 0.25) is 5.91 Å². The molecule has 1 aliphatic rings. The highest BCUT2D eigenvalue weighted by Gasteiger charge is 2.29. The van der Waals surface area contributed by atoms with Crippen LogP contribution in [0, 0.1) is 5.92 Å². The van der Waals surface area contributed by atoms with Crippen LogP contribution in [0.5, 0.6) is 0 Å². The van der Waals surface area contributed by atoms with Crippen LogP contribution in [-0.2, 0) is 9.53 Å². The van der Waals surface area contributed by atoms with Crippen molar-refractivity contribution in [3.63, 3.8) is 0 Å². The van der Waals surface area contributed by atoms with Gasteiger partial charge < -0.3 is 20.4 Å². The number of methoxy groups -OCH3 is 1. The van der Waals surface area contributed by atoms with E-state index in [2.05, 4.69) is 25.6 Å². The number of fused-ring (bicyclic) bond motifs is 1. The van der Waals surface area contributed by atoms with Crippen molar-refractivity contribution in [2.45, 2.75) is 12.8 Å². The molecule has 3 aromatic heterocycles. The maximum absolute atomic E-state index is 11.9. The van der Waals surface area contributed by atoms with Crippen LogP contribution in [0.25, 0.3) is 22.2 Å². The lowest BCUT2D eigenvalue weighted by atomic mass is 10.2. The summed E-state index contributed by atoms with van der Waals surface area (Å²) in [4.78, 5) is 24.0. The third-order valence-corrected chi connectivity index (χ3v) is 4.39. The molecule has 134 valence electrons. The molecule has 0 aliphatic heterocycles. The summed E-state index contributed by atoms with van der Waals surface area (Å²) in [5.41, 5.74) is 2.94. The Labute approximate surface area is 151 Å². The second kappa shape index (κ2) is 7.13. The Balaban J connectivity index is 1.55. The highest BCUT2D eigenvalue weighted by molar-refractivity contribution is 5.95. The van der Waals surface area contributed by atoms with E-state index < -0.39 is 0 Å². The summed E-state index contributed by atoms with van der Waals surface area (Å²) in [5, 5.41) is 7.10. The molecule has 0 radical (unpaired) electrons. The van der Waals surface area contributed by atoms with Crippen LogP contribution in [0.3, 0.4) is 0 Å². The first-order valence-electron chi connectivity index (χ1n) is 8.72. The molecule has 4 rings (SSSR count). The Hall–Kier alpha value is -2.93. The van der Waals surface area contributed by atoms with Gasteiger partial charge in [0.1, 0.15) is 11.6 Å². The third kappa shape index (κ3) is 3.67. The summed E-state index contributed by atoms with van der Waals surface area (Å²) in [5.74, 6) is 1.60. The second-order valence-corrected chi connectivity index (χ2v) is 6.45. The van der Waals surface area contributed by atoms with E-state index in [0.717, 1.165) is 40.8 Å². The van der Waals surface area contributed by atoms with Crippen molar-refractivity contribution in [2.75, 3.05) is 30.9 Å². The maximum atomic E-state index is 11.9. The van der Waals surface area contributed by atoms with Gasteiger partial charge in [0, 0.05) is 54.7 Å². The highest BCUT2D eigenvalue weighted by Crippen LogP contribution is 2.30. The molecular formula is C19H21N5O2. The fourth-order valence-corrected chi connectivity index (χ4v) is 2.80. The molecule has 1 saturated carbocycles. The molecule has 0 atom stereocenters. The van der Waals surface area contributed by atoms with Gasteiger partial charge in [0.05, 0.1) is 12.1 Å². The van der Waals surface area contributed by atoms with Gasteiger partial charge in [-0.2, -0.15) is 0 Å². The van der Waals surface area contributed by atoms with E-state index in [1.165, 1.54) is 0 Å². The molecule has 3 N–H and O–H groups in total. The van der Waals surface area contributed by atoms with Crippen molar-refractivity contribution >= 4 is 28.4 Å². The van der Waals surface area contributed by atoms with Crippen LogP contribution in [0.2, 0.25) is 0 Å². The molecule has 7 nitrogen and oxygen atoms in total. The zero-order valence-electron chi connectivity index (χ0n) is 14.6. The topological polar surface area (TPSA) is 91.9 Å². The zero-order valence-corrected chi connectivity index (χ0v) is 14.6. The number of hydrogen-bond donors (Lipinski definition) is 3. The molecule has 0 unspecified atom stereocenters. The van der Waals surface area contributed by atoms with Gasteiger partial charge >= 0.3 is 0 Å². The Morgan fingerprint density at radius 2 is 2.15 bits per heavy atom. The van der Waals surface area contributed by atoms with Crippen LogP contribution in [-0.4, -0.2) is 41.1 Å².